The van der Waals surface area contributed by atoms with E-state index in [0.29, 0.717) is 11.3 Å². The Kier molecular flexibility index (Phi) is 3.34. The highest BCUT2D eigenvalue weighted by atomic mass is 32.2. The Morgan fingerprint density at radius 2 is 1.53 bits per heavy atom. The van der Waals surface area contributed by atoms with Crippen molar-refractivity contribution in [1.82, 2.24) is 0 Å². The van der Waals surface area contributed by atoms with Crippen molar-refractivity contribution in [3.8, 4) is 11.1 Å². The zero-order valence-electron chi connectivity index (χ0n) is 10.8. The van der Waals surface area contributed by atoms with Crippen LogP contribution in [0.25, 0.3) is 11.1 Å². The van der Waals surface area contributed by atoms with Gasteiger partial charge < -0.3 is 5.73 Å². The van der Waals surface area contributed by atoms with Crippen molar-refractivity contribution in [3.05, 3.63) is 47.5 Å². The molecule has 2 aromatic rings. The largest absolute Gasteiger partial charge is 0.399 e. The molecule has 2 rings (SSSR count). The van der Waals surface area contributed by atoms with Gasteiger partial charge in [-0.3, -0.25) is 0 Å². The van der Waals surface area contributed by atoms with E-state index in [1.54, 1.807) is 12.1 Å². The average Bonchev–Trinajstić information content (AvgIpc) is 2.26. The van der Waals surface area contributed by atoms with Gasteiger partial charge in [0.25, 0.3) is 0 Å². The summed E-state index contributed by atoms with van der Waals surface area (Å²) in [6.07, 6.45) is 0. The van der Waals surface area contributed by atoms with E-state index in [9.17, 15) is 8.42 Å². The van der Waals surface area contributed by atoms with Crippen LogP contribution in [-0.2, 0) is 10.0 Å². The zero-order valence-corrected chi connectivity index (χ0v) is 11.7. The van der Waals surface area contributed by atoms with Gasteiger partial charge in [0.2, 0.25) is 10.0 Å². The van der Waals surface area contributed by atoms with E-state index in [2.05, 4.69) is 0 Å². The van der Waals surface area contributed by atoms with Crippen LogP contribution in [0.15, 0.2) is 41.3 Å². The maximum Gasteiger partial charge on any atom is 0.238 e. The summed E-state index contributed by atoms with van der Waals surface area (Å²) in [6, 6.07) is 10.6. The van der Waals surface area contributed by atoms with Crippen molar-refractivity contribution in [2.45, 2.75) is 18.7 Å². The minimum Gasteiger partial charge on any atom is -0.399 e. The zero-order chi connectivity index (χ0) is 14.2. The summed E-state index contributed by atoms with van der Waals surface area (Å²) >= 11 is 0. The van der Waals surface area contributed by atoms with Crippen molar-refractivity contribution in [3.63, 3.8) is 0 Å². The topological polar surface area (TPSA) is 86.2 Å². The summed E-state index contributed by atoms with van der Waals surface area (Å²) in [4.78, 5) is 0.0532. The average molecular weight is 276 g/mol. The first kappa shape index (κ1) is 13.6. The van der Waals surface area contributed by atoms with E-state index in [4.69, 9.17) is 10.9 Å². The quantitative estimate of drug-likeness (QED) is 0.824. The Balaban J connectivity index is 2.75. The smallest absolute Gasteiger partial charge is 0.238 e. The van der Waals surface area contributed by atoms with Crippen molar-refractivity contribution < 1.29 is 8.42 Å². The van der Waals surface area contributed by atoms with Gasteiger partial charge in [0, 0.05) is 11.3 Å². The van der Waals surface area contributed by atoms with Gasteiger partial charge in [-0.05, 0) is 31.5 Å². The van der Waals surface area contributed by atoms with Gasteiger partial charge in [0.05, 0.1) is 4.90 Å². The summed E-state index contributed by atoms with van der Waals surface area (Å²) in [7, 11) is -3.81. The molecule has 0 atom stereocenters. The maximum atomic E-state index is 11.7. The SMILES string of the molecule is Cc1cc(C)cc(-c2ccc(N)cc2S(N)(=O)=O)c1. The van der Waals surface area contributed by atoms with Crippen molar-refractivity contribution in [1.29, 1.82) is 0 Å². The fourth-order valence-electron chi connectivity index (χ4n) is 2.14. The molecule has 5 heteroatoms. The van der Waals surface area contributed by atoms with Gasteiger partial charge in [-0.1, -0.05) is 35.4 Å². The van der Waals surface area contributed by atoms with E-state index in [1.165, 1.54) is 6.07 Å². The number of benzene rings is 2. The molecule has 0 bridgehead atoms. The molecule has 0 aromatic heterocycles. The number of hydrogen-bond donors (Lipinski definition) is 2. The molecule has 0 fully saturated rings. The summed E-state index contributed by atoms with van der Waals surface area (Å²) in [5.41, 5.74) is 9.53. The molecule has 0 unspecified atom stereocenters. The molecule has 0 aliphatic heterocycles. The Bertz CT molecular complexity index is 717. The lowest BCUT2D eigenvalue weighted by atomic mass is 10.0. The highest BCUT2D eigenvalue weighted by molar-refractivity contribution is 7.89. The molecular formula is C14H16N2O2S. The number of sulfonamides is 1. The van der Waals surface area contributed by atoms with Gasteiger partial charge in [-0.25, -0.2) is 13.6 Å². The third-order valence-electron chi connectivity index (χ3n) is 2.84. The summed E-state index contributed by atoms with van der Waals surface area (Å²) < 4.78 is 23.3. The van der Waals surface area contributed by atoms with Crippen molar-refractivity contribution in [2.24, 2.45) is 5.14 Å². The molecule has 0 spiro atoms. The number of hydrogen-bond acceptors (Lipinski definition) is 3. The van der Waals surface area contributed by atoms with Crippen LogP contribution in [0.3, 0.4) is 0 Å². The highest BCUT2D eigenvalue weighted by Crippen LogP contribution is 2.29. The molecule has 0 radical (unpaired) electrons. The lowest BCUT2D eigenvalue weighted by Gasteiger charge is -2.10. The van der Waals surface area contributed by atoms with Gasteiger partial charge in [0.15, 0.2) is 0 Å². The van der Waals surface area contributed by atoms with Crippen LogP contribution < -0.4 is 10.9 Å². The summed E-state index contributed by atoms with van der Waals surface area (Å²) in [5.74, 6) is 0. The summed E-state index contributed by atoms with van der Waals surface area (Å²) in [5, 5.41) is 5.26. The molecular weight excluding hydrogens is 260 g/mol. The van der Waals surface area contributed by atoms with Crippen LogP contribution in [0, 0.1) is 13.8 Å². The van der Waals surface area contributed by atoms with E-state index in [0.717, 1.165) is 16.7 Å². The van der Waals surface area contributed by atoms with Gasteiger partial charge in [-0.15, -0.1) is 0 Å². The fraction of sp³-hybridized carbons (Fsp3) is 0.143. The number of aryl methyl sites for hydroxylation is 2. The number of rotatable bonds is 2. The normalized spacial score (nSPS) is 11.5. The van der Waals surface area contributed by atoms with E-state index < -0.39 is 10.0 Å². The second kappa shape index (κ2) is 4.68. The molecule has 2 aromatic carbocycles. The van der Waals surface area contributed by atoms with Crippen LogP contribution in [0.4, 0.5) is 5.69 Å². The van der Waals surface area contributed by atoms with Crippen LogP contribution in [0.5, 0.6) is 0 Å². The molecule has 19 heavy (non-hydrogen) atoms. The van der Waals surface area contributed by atoms with Gasteiger partial charge in [-0.2, -0.15) is 0 Å². The molecule has 4 nitrogen and oxygen atoms in total. The van der Waals surface area contributed by atoms with E-state index in [-0.39, 0.29) is 4.90 Å². The maximum absolute atomic E-state index is 11.7. The molecule has 0 heterocycles. The lowest BCUT2D eigenvalue weighted by Crippen LogP contribution is -2.14. The minimum atomic E-state index is -3.81. The van der Waals surface area contributed by atoms with E-state index in [1.807, 2.05) is 32.0 Å². The van der Waals surface area contributed by atoms with Crippen LogP contribution in [0.2, 0.25) is 0 Å². The Morgan fingerprint density at radius 1 is 0.947 bits per heavy atom. The highest BCUT2D eigenvalue weighted by Gasteiger charge is 2.16. The number of primary sulfonamides is 1. The van der Waals surface area contributed by atoms with Crippen LogP contribution in [0.1, 0.15) is 11.1 Å². The first-order valence-electron chi connectivity index (χ1n) is 5.78. The number of nitrogen functional groups attached to an aromatic ring is 1. The fourth-order valence-corrected chi connectivity index (χ4v) is 2.94. The first-order chi connectivity index (χ1) is 8.77. The third-order valence-corrected chi connectivity index (χ3v) is 3.80. The van der Waals surface area contributed by atoms with Crippen LogP contribution >= 0.6 is 0 Å². The van der Waals surface area contributed by atoms with E-state index >= 15 is 0 Å². The standard InChI is InChI=1S/C14H16N2O2S/c1-9-5-10(2)7-11(6-9)13-4-3-12(15)8-14(13)19(16,17)18/h3-8H,15H2,1-2H3,(H2,16,17,18). The molecule has 0 aliphatic carbocycles. The monoisotopic (exact) mass is 276 g/mol. The Labute approximate surface area is 113 Å². The molecule has 4 N–H and O–H groups in total. The van der Waals surface area contributed by atoms with Gasteiger partial charge in [0.1, 0.15) is 0 Å². The van der Waals surface area contributed by atoms with Crippen molar-refractivity contribution >= 4 is 15.7 Å². The predicted molar refractivity (Wildman–Crippen MR) is 77.1 cm³/mol. The predicted octanol–water partition coefficient (Wildman–Crippen LogP) is 2.20. The second-order valence-electron chi connectivity index (χ2n) is 4.68. The molecule has 100 valence electrons. The first-order valence-corrected chi connectivity index (χ1v) is 7.33. The lowest BCUT2D eigenvalue weighted by molar-refractivity contribution is 0.598. The molecule has 0 saturated carbocycles. The molecule has 0 saturated heterocycles. The third kappa shape index (κ3) is 2.94. The molecule has 0 amide bonds. The molecule has 0 aliphatic rings. The second-order valence-corrected chi connectivity index (χ2v) is 6.21. The minimum absolute atomic E-state index is 0.0532. The summed E-state index contributed by atoms with van der Waals surface area (Å²) in [6.45, 7) is 3.93. The van der Waals surface area contributed by atoms with Crippen molar-refractivity contribution in [2.75, 3.05) is 5.73 Å². The van der Waals surface area contributed by atoms with Crippen LogP contribution in [-0.4, -0.2) is 8.42 Å². The Morgan fingerprint density at radius 3 is 2.05 bits per heavy atom. The Hall–Kier alpha value is -1.85. The number of nitrogens with two attached hydrogens (primary N) is 2. The number of anilines is 1. The van der Waals surface area contributed by atoms with Gasteiger partial charge >= 0.3 is 0 Å².